The van der Waals surface area contributed by atoms with Gasteiger partial charge in [0.1, 0.15) is 12.6 Å². The Morgan fingerprint density at radius 3 is 2.24 bits per heavy atom. The summed E-state index contributed by atoms with van der Waals surface area (Å²) >= 11 is 0. The summed E-state index contributed by atoms with van der Waals surface area (Å²) in [6.07, 6.45) is 3.70. The molecule has 1 atom stereocenters. The van der Waals surface area contributed by atoms with Gasteiger partial charge in [0.05, 0.1) is 11.9 Å². The van der Waals surface area contributed by atoms with Crippen molar-refractivity contribution in [2.75, 3.05) is 23.7 Å². The van der Waals surface area contributed by atoms with E-state index in [1.807, 2.05) is 57.2 Å². The zero-order chi connectivity index (χ0) is 25.3. The lowest BCUT2D eigenvalue weighted by molar-refractivity contribution is -0.139. The Morgan fingerprint density at radius 1 is 1.03 bits per heavy atom. The maximum Gasteiger partial charge on any atom is 0.244 e. The molecule has 34 heavy (non-hydrogen) atoms. The number of nitrogens with one attached hydrogen (secondary N) is 1. The van der Waals surface area contributed by atoms with E-state index in [1.54, 1.807) is 19.1 Å². The van der Waals surface area contributed by atoms with Crippen LogP contribution in [0, 0.1) is 6.92 Å². The summed E-state index contributed by atoms with van der Waals surface area (Å²) in [5.41, 5.74) is 3.39. The fourth-order valence-corrected chi connectivity index (χ4v) is 4.45. The molecule has 1 N–H and O–H groups in total. The average Bonchev–Trinajstić information content (AvgIpc) is 2.81. The monoisotopic (exact) mass is 487 g/mol. The van der Waals surface area contributed by atoms with Gasteiger partial charge < -0.3 is 10.2 Å². The molecule has 2 rings (SSSR count). The van der Waals surface area contributed by atoms with Crippen LogP contribution in [-0.2, 0) is 32.6 Å². The lowest BCUT2D eigenvalue weighted by atomic mass is 10.1. The molecule has 0 heterocycles. The molecular formula is C26H37N3O4S. The Morgan fingerprint density at radius 2 is 1.68 bits per heavy atom. The average molecular weight is 488 g/mol. The summed E-state index contributed by atoms with van der Waals surface area (Å²) in [4.78, 5) is 27.8. The maximum atomic E-state index is 13.5. The molecule has 8 heteroatoms. The molecule has 0 aliphatic carbocycles. The van der Waals surface area contributed by atoms with Crippen LogP contribution in [0.25, 0.3) is 0 Å². The highest BCUT2D eigenvalue weighted by Crippen LogP contribution is 2.20. The number of hydrogen-bond acceptors (Lipinski definition) is 4. The van der Waals surface area contributed by atoms with E-state index in [0.29, 0.717) is 12.2 Å². The highest BCUT2D eigenvalue weighted by Gasteiger charge is 2.30. The number of nitrogens with zero attached hydrogens (tertiary/aromatic N) is 2. The first-order valence-electron chi connectivity index (χ1n) is 11.8. The normalized spacial score (nSPS) is 12.1. The van der Waals surface area contributed by atoms with Crippen molar-refractivity contribution >= 4 is 27.5 Å². The first-order valence-corrected chi connectivity index (χ1v) is 13.6. The molecular weight excluding hydrogens is 450 g/mol. The first-order chi connectivity index (χ1) is 16.1. The van der Waals surface area contributed by atoms with Crippen molar-refractivity contribution in [3.05, 3.63) is 65.2 Å². The fourth-order valence-electron chi connectivity index (χ4n) is 3.60. The third-order valence-electron chi connectivity index (χ3n) is 5.91. The van der Waals surface area contributed by atoms with Gasteiger partial charge in [-0.2, -0.15) is 0 Å². The van der Waals surface area contributed by atoms with Crippen LogP contribution in [0.5, 0.6) is 0 Å². The van der Waals surface area contributed by atoms with Crippen molar-refractivity contribution in [3.63, 3.8) is 0 Å². The number of benzene rings is 2. The standard InChI is InChI=1S/C26H37N3O4S/c1-6-8-17-27-26(31)21(4)28(18-23-12-10-9-11-20(23)3)25(30)19-29(34(5,32)33)24-15-13-22(7-2)14-16-24/h9-16,21H,6-8,17-19H2,1-5H3,(H,27,31). The lowest BCUT2D eigenvalue weighted by Crippen LogP contribution is -2.51. The van der Waals surface area contributed by atoms with Gasteiger partial charge in [0.2, 0.25) is 21.8 Å². The largest absolute Gasteiger partial charge is 0.354 e. The predicted molar refractivity (Wildman–Crippen MR) is 137 cm³/mol. The van der Waals surface area contributed by atoms with Gasteiger partial charge in [0.25, 0.3) is 0 Å². The van der Waals surface area contributed by atoms with Gasteiger partial charge in [0.15, 0.2) is 0 Å². The molecule has 0 fully saturated rings. The van der Waals surface area contributed by atoms with Crippen molar-refractivity contribution in [2.45, 2.75) is 59.5 Å². The van der Waals surface area contributed by atoms with E-state index in [4.69, 9.17) is 0 Å². The molecule has 2 aromatic rings. The Labute approximate surface area is 204 Å². The third kappa shape index (κ3) is 7.58. The summed E-state index contributed by atoms with van der Waals surface area (Å²) in [5.74, 6) is -0.694. The highest BCUT2D eigenvalue weighted by atomic mass is 32.2. The zero-order valence-electron chi connectivity index (χ0n) is 20.9. The Kier molecular flexibility index (Phi) is 10.1. The Hall–Kier alpha value is -2.87. The van der Waals surface area contributed by atoms with Gasteiger partial charge in [-0.25, -0.2) is 8.42 Å². The second-order valence-electron chi connectivity index (χ2n) is 8.56. The molecule has 0 aliphatic rings. The molecule has 1 unspecified atom stereocenters. The molecule has 0 spiro atoms. The molecule has 0 radical (unpaired) electrons. The Bertz CT molecular complexity index is 1070. The molecule has 186 valence electrons. The van der Waals surface area contributed by atoms with Crippen molar-refractivity contribution in [1.29, 1.82) is 0 Å². The molecule has 0 bridgehead atoms. The van der Waals surface area contributed by atoms with Crippen LogP contribution in [0.1, 0.15) is 50.3 Å². The SMILES string of the molecule is CCCCNC(=O)C(C)N(Cc1ccccc1C)C(=O)CN(c1ccc(CC)cc1)S(C)(=O)=O. The van der Waals surface area contributed by atoms with Crippen molar-refractivity contribution < 1.29 is 18.0 Å². The quantitative estimate of drug-likeness (QED) is 0.463. The smallest absolute Gasteiger partial charge is 0.244 e. The van der Waals surface area contributed by atoms with E-state index in [2.05, 4.69) is 5.32 Å². The lowest BCUT2D eigenvalue weighted by Gasteiger charge is -2.32. The van der Waals surface area contributed by atoms with E-state index in [9.17, 15) is 18.0 Å². The number of aryl methyl sites for hydroxylation is 2. The Balaban J connectivity index is 2.35. The molecule has 0 saturated heterocycles. The van der Waals surface area contributed by atoms with Gasteiger partial charge in [-0.1, -0.05) is 56.7 Å². The molecule has 2 amide bonds. The van der Waals surface area contributed by atoms with Crippen LogP contribution in [0.2, 0.25) is 0 Å². The number of anilines is 1. The minimum absolute atomic E-state index is 0.209. The molecule has 2 aromatic carbocycles. The highest BCUT2D eigenvalue weighted by molar-refractivity contribution is 7.92. The summed E-state index contributed by atoms with van der Waals surface area (Å²) in [5, 5.41) is 2.88. The van der Waals surface area contributed by atoms with Gasteiger partial charge in [-0.15, -0.1) is 0 Å². The first kappa shape index (κ1) is 27.4. The molecule has 0 aromatic heterocycles. The topological polar surface area (TPSA) is 86.8 Å². The number of unbranched alkanes of at least 4 members (excludes halogenated alkanes) is 1. The summed E-state index contributed by atoms with van der Waals surface area (Å²) < 4.78 is 26.3. The minimum Gasteiger partial charge on any atom is -0.354 e. The van der Waals surface area contributed by atoms with Gasteiger partial charge in [-0.05, 0) is 55.5 Å². The van der Waals surface area contributed by atoms with Gasteiger partial charge in [0, 0.05) is 13.1 Å². The van der Waals surface area contributed by atoms with Gasteiger partial charge >= 0.3 is 0 Å². The third-order valence-corrected chi connectivity index (χ3v) is 7.05. The summed E-state index contributed by atoms with van der Waals surface area (Å²) in [6.45, 7) is 8.04. The predicted octanol–water partition coefficient (Wildman–Crippen LogP) is 3.66. The molecule has 7 nitrogen and oxygen atoms in total. The second kappa shape index (κ2) is 12.6. The van der Waals surface area contributed by atoms with Crippen molar-refractivity contribution in [1.82, 2.24) is 10.2 Å². The van der Waals surface area contributed by atoms with Gasteiger partial charge in [-0.3, -0.25) is 13.9 Å². The van der Waals surface area contributed by atoms with Crippen molar-refractivity contribution in [3.8, 4) is 0 Å². The van der Waals surface area contributed by atoms with Crippen LogP contribution >= 0.6 is 0 Å². The van der Waals surface area contributed by atoms with Crippen molar-refractivity contribution in [2.24, 2.45) is 0 Å². The number of sulfonamides is 1. The molecule has 0 aliphatic heterocycles. The summed E-state index contributed by atoms with van der Waals surface area (Å²) in [7, 11) is -3.73. The van der Waals surface area contributed by atoms with E-state index in [0.717, 1.165) is 46.5 Å². The number of amides is 2. The van der Waals surface area contributed by atoms with Crippen LogP contribution < -0.4 is 9.62 Å². The number of hydrogen-bond donors (Lipinski definition) is 1. The number of carbonyl (C=O) groups is 2. The van der Waals surface area contributed by atoms with Crippen LogP contribution in [-0.4, -0.2) is 50.5 Å². The van der Waals surface area contributed by atoms with E-state index < -0.39 is 22.0 Å². The fraction of sp³-hybridized carbons (Fsp3) is 0.462. The zero-order valence-corrected chi connectivity index (χ0v) is 21.7. The van der Waals surface area contributed by atoms with Crippen LogP contribution in [0.4, 0.5) is 5.69 Å². The number of rotatable bonds is 12. The van der Waals surface area contributed by atoms with E-state index >= 15 is 0 Å². The minimum atomic E-state index is -3.73. The van der Waals surface area contributed by atoms with E-state index in [1.165, 1.54) is 4.90 Å². The van der Waals surface area contributed by atoms with Crippen LogP contribution in [0.15, 0.2) is 48.5 Å². The molecule has 0 saturated carbocycles. The second-order valence-corrected chi connectivity index (χ2v) is 10.5. The van der Waals surface area contributed by atoms with E-state index in [-0.39, 0.29) is 19.0 Å². The van der Waals surface area contributed by atoms with Crippen LogP contribution in [0.3, 0.4) is 0 Å². The number of carbonyl (C=O) groups excluding carboxylic acids is 2. The maximum absolute atomic E-state index is 13.5. The summed E-state index contributed by atoms with van der Waals surface area (Å²) in [6, 6.07) is 14.0.